The number of halogens is 8. The van der Waals surface area contributed by atoms with E-state index in [0.29, 0.717) is 13.1 Å². The fraction of sp³-hybridized carbons (Fsp3) is 0.457. The second kappa shape index (κ2) is 23.6. The summed E-state index contributed by atoms with van der Waals surface area (Å²) < 4.78 is 123. The maximum Gasteiger partial charge on any atom is 0.471 e. The molecule has 4 rings (SSSR count). The molecule has 17 nitrogen and oxygen atoms in total. The Morgan fingerprint density at radius 1 is 0.825 bits per heavy atom. The first-order valence-corrected chi connectivity index (χ1v) is 23.6. The molecule has 0 aromatic heterocycles. The van der Waals surface area contributed by atoms with Gasteiger partial charge in [0.1, 0.15) is 0 Å². The van der Waals surface area contributed by atoms with Crippen molar-refractivity contribution in [1.29, 1.82) is 5.26 Å². The van der Waals surface area contributed by atoms with E-state index in [1.807, 2.05) is 38.3 Å². The van der Waals surface area contributed by atoms with Crippen LogP contribution in [0.15, 0.2) is 75.3 Å². The van der Waals surface area contributed by atoms with Gasteiger partial charge in [-0.3, -0.25) is 19.6 Å². The number of amides is 2. The Balaban J connectivity index is 0.000000496. The van der Waals surface area contributed by atoms with E-state index in [1.54, 1.807) is 41.6 Å². The summed E-state index contributed by atoms with van der Waals surface area (Å²) in [5.41, 5.74) is -0.518. The summed E-state index contributed by atoms with van der Waals surface area (Å²) in [6, 6.07) is 7.91. The number of hydrogen-bond acceptors (Lipinski definition) is 12. The van der Waals surface area contributed by atoms with E-state index in [-0.39, 0.29) is 46.9 Å². The van der Waals surface area contributed by atoms with Crippen molar-refractivity contribution in [3.63, 3.8) is 0 Å². The predicted molar refractivity (Wildman–Crippen MR) is 238 cm³/mol. The van der Waals surface area contributed by atoms with Crippen molar-refractivity contribution in [3.8, 4) is 6.07 Å². The highest BCUT2D eigenvalue weighted by molar-refractivity contribution is 9.11. The number of anilines is 2. The number of alkyl halides is 6. The number of rotatable bonds is 7. The van der Waals surface area contributed by atoms with Crippen LogP contribution in [0.3, 0.4) is 0 Å². The maximum atomic E-state index is 12.7. The number of nitrogens with two attached hydrogens (primary N) is 1. The van der Waals surface area contributed by atoms with Crippen LogP contribution in [0.25, 0.3) is 0 Å². The fourth-order valence-corrected chi connectivity index (χ4v) is 7.87. The summed E-state index contributed by atoms with van der Waals surface area (Å²) in [7, 11) is -8.08. The molecule has 2 aliphatic rings. The number of sulfonamides is 2. The minimum atomic E-state index is -5.07. The summed E-state index contributed by atoms with van der Waals surface area (Å²) in [4.78, 5) is 29.7. The highest BCUT2D eigenvalue weighted by Gasteiger charge is 2.40. The van der Waals surface area contributed by atoms with Crippen molar-refractivity contribution in [2.24, 2.45) is 36.2 Å². The Morgan fingerprint density at radius 3 is 1.56 bits per heavy atom. The Bertz CT molecular complexity index is 2340. The van der Waals surface area contributed by atoms with Crippen LogP contribution in [-0.2, 0) is 29.6 Å². The molecule has 0 fully saturated rings. The van der Waals surface area contributed by atoms with Gasteiger partial charge in [0.15, 0.2) is 5.17 Å². The molecule has 2 aromatic carbocycles. The van der Waals surface area contributed by atoms with E-state index in [9.17, 15) is 52.8 Å². The third-order valence-corrected chi connectivity index (χ3v) is 11.5. The number of nitrogens with zero attached hydrogens (tertiary/aromatic N) is 7. The molecule has 0 bridgehead atoms. The summed E-state index contributed by atoms with van der Waals surface area (Å²) in [6.45, 7) is 15.9. The number of nitriles is 1. The van der Waals surface area contributed by atoms with E-state index in [2.05, 4.69) is 70.6 Å². The monoisotopic (exact) mass is 1080 g/mol. The number of carbonyl (C=O) groups is 2. The standard InChI is InChI=1S/C16H19BrF3N5O3S.C9H17N3S.C8H6BrF3N2O3S.C2H3N/c1-4-21-14(25-9-15(2,3)8-22-25)24-29(27,28)10-5-6-12(11(17)7-10)23-13(26)16(18,19)20;1-5-10-8(13-4)12-7-9(2,3)6-11-12;9-5-3-4(18(13,16)17)1-2-6(5)14-7(15)8(10,11)12;1-2-3/h5-8H,4,9H2,1-3H3,(H,21,24)(H,23,26);6H,5,7H2,1-4H3;1-3H,(H,14,15)(H2,13,16,17);1H3. The number of guanidine groups is 1. The van der Waals surface area contributed by atoms with Gasteiger partial charge in [-0.15, -0.1) is 0 Å². The summed E-state index contributed by atoms with van der Waals surface area (Å²) >= 11 is 7.46. The van der Waals surface area contributed by atoms with Crippen LogP contribution in [0.2, 0.25) is 0 Å². The molecule has 5 N–H and O–H groups in total. The van der Waals surface area contributed by atoms with Gasteiger partial charge in [-0.1, -0.05) is 39.5 Å². The Kier molecular flexibility index (Phi) is 21.2. The lowest BCUT2D eigenvalue weighted by Gasteiger charge is -2.21. The van der Waals surface area contributed by atoms with E-state index in [4.69, 9.17) is 10.4 Å². The van der Waals surface area contributed by atoms with Gasteiger partial charge in [0, 0.05) is 52.2 Å². The summed E-state index contributed by atoms with van der Waals surface area (Å²) in [5, 5.41) is 28.3. The molecule has 350 valence electrons. The van der Waals surface area contributed by atoms with Crippen molar-refractivity contribution in [1.82, 2.24) is 14.7 Å². The van der Waals surface area contributed by atoms with E-state index < -0.39 is 44.2 Å². The number of benzene rings is 2. The van der Waals surface area contributed by atoms with Crippen molar-refractivity contribution >= 4 is 110 Å². The van der Waals surface area contributed by atoms with Crippen molar-refractivity contribution in [3.05, 3.63) is 45.3 Å². The second-order valence-electron chi connectivity index (χ2n) is 13.9. The minimum absolute atomic E-state index is 0.0277. The molecule has 2 amide bonds. The molecule has 0 radical (unpaired) electrons. The van der Waals surface area contributed by atoms with Crippen molar-refractivity contribution in [2.45, 2.75) is 70.6 Å². The molecular weight excluding hydrogens is 1040 g/mol. The highest BCUT2D eigenvalue weighted by Crippen LogP contribution is 2.30. The molecule has 2 aliphatic heterocycles. The number of carbonyl (C=O) groups excluding carboxylic acids is 2. The lowest BCUT2D eigenvalue weighted by molar-refractivity contribution is -0.167. The zero-order chi connectivity index (χ0) is 48.8. The summed E-state index contributed by atoms with van der Waals surface area (Å²) in [5.74, 6) is -4.30. The Labute approximate surface area is 382 Å². The van der Waals surface area contributed by atoms with Crippen molar-refractivity contribution in [2.75, 3.05) is 43.1 Å². The SMILES string of the molecule is CC#N.CCN=C(NS(=O)(=O)c1ccc(NC(=O)C(F)(F)F)c(Br)c1)N1CC(C)(C)C=N1.CCN=C(SC)N1CC(C)(C)C=N1.NS(=O)(=O)c1ccc(NC(=O)C(F)(F)F)c(Br)c1. The third kappa shape index (κ3) is 19.1. The molecule has 0 saturated carbocycles. The number of hydrogen-bond donors (Lipinski definition) is 4. The van der Waals surface area contributed by atoms with Gasteiger partial charge in [0.05, 0.1) is 40.3 Å². The smallest absolute Gasteiger partial charge is 0.317 e. The van der Waals surface area contributed by atoms with Crippen LogP contribution in [0.1, 0.15) is 48.5 Å². The van der Waals surface area contributed by atoms with E-state index >= 15 is 0 Å². The van der Waals surface area contributed by atoms with Gasteiger partial charge < -0.3 is 10.6 Å². The first kappa shape index (κ1) is 56.7. The maximum absolute atomic E-state index is 12.7. The largest absolute Gasteiger partial charge is 0.471 e. The van der Waals surface area contributed by atoms with Gasteiger partial charge in [0.2, 0.25) is 16.0 Å². The van der Waals surface area contributed by atoms with Gasteiger partial charge >= 0.3 is 24.2 Å². The quantitative estimate of drug-likeness (QED) is 0.124. The van der Waals surface area contributed by atoms with Crippen LogP contribution >= 0.6 is 43.6 Å². The molecule has 2 aromatic rings. The number of hydrazone groups is 2. The van der Waals surface area contributed by atoms with Crippen LogP contribution in [0, 0.1) is 22.2 Å². The Hall–Kier alpha value is -4.30. The van der Waals surface area contributed by atoms with Crippen LogP contribution < -0.4 is 20.5 Å². The van der Waals surface area contributed by atoms with E-state index in [0.717, 1.165) is 54.7 Å². The molecule has 0 spiro atoms. The number of aliphatic imine (C=N–C) groups is 2. The second-order valence-corrected chi connectivity index (χ2v) is 19.6. The first-order valence-electron chi connectivity index (χ1n) is 17.8. The van der Waals surface area contributed by atoms with Crippen LogP contribution in [0.5, 0.6) is 0 Å². The number of primary sulfonamides is 1. The van der Waals surface area contributed by atoms with Gasteiger partial charge in [-0.2, -0.15) is 41.8 Å². The topological polar surface area (TPSA) is 244 Å². The molecule has 28 heteroatoms. The average Bonchev–Trinajstić information content (AvgIpc) is 3.71. The van der Waals surface area contributed by atoms with Crippen LogP contribution in [-0.4, -0.2) is 107 Å². The molecule has 63 heavy (non-hydrogen) atoms. The predicted octanol–water partition coefficient (Wildman–Crippen LogP) is 7.11. The molecule has 2 heterocycles. The normalized spacial score (nSPS) is 15.7. The minimum Gasteiger partial charge on any atom is -0.317 e. The Morgan fingerprint density at radius 2 is 1.22 bits per heavy atom. The number of nitrogens with one attached hydrogen (secondary N) is 3. The zero-order valence-electron chi connectivity index (χ0n) is 34.9. The molecule has 0 atom stereocenters. The van der Waals surface area contributed by atoms with Gasteiger partial charge in [-0.25, -0.2) is 36.7 Å². The highest BCUT2D eigenvalue weighted by atomic mass is 79.9. The summed E-state index contributed by atoms with van der Waals surface area (Å²) in [6.07, 6.45) is -4.38. The lowest BCUT2D eigenvalue weighted by atomic mass is 9.97. The van der Waals surface area contributed by atoms with E-state index in [1.165, 1.54) is 11.9 Å². The fourth-order valence-electron chi connectivity index (χ4n) is 4.44. The third-order valence-electron chi connectivity index (χ3n) is 7.21. The van der Waals surface area contributed by atoms with Crippen molar-refractivity contribution < 1.29 is 52.8 Å². The van der Waals surface area contributed by atoms with Gasteiger partial charge in [0.25, 0.3) is 10.0 Å². The van der Waals surface area contributed by atoms with Crippen LogP contribution in [0.4, 0.5) is 37.7 Å². The first-order chi connectivity index (χ1) is 28.8. The number of thioether (sulfide) groups is 1. The molecule has 0 unspecified atom stereocenters. The molecule has 0 aliphatic carbocycles. The zero-order valence-corrected chi connectivity index (χ0v) is 40.5. The average molecular weight is 1090 g/mol. The van der Waals surface area contributed by atoms with Gasteiger partial charge in [-0.05, 0) is 88.4 Å². The molecule has 0 saturated heterocycles. The molecular formula is C35H45Br2F6N11O6S3. The number of amidine groups is 1. The lowest BCUT2D eigenvalue weighted by Crippen LogP contribution is -2.42.